The number of ether oxygens (including phenoxy) is 1. The molecule has 0 unspecified atom stereocenters. The third-order valence-electron chi connectivity index (χ3n) is 5.18. The predicted octanol–water partition coefficient (Wildman–Crippen LogP) is 3.91. The zero-order valence-corrected chi connectivity index (χ0v) is 18.7. The Bertz CT molecular complexity index is 1210. The normalized spacial score (nSPS) is 13.1. The second-order valence-corrected chi connectivity index (χ2v) is 7.83. The van der Waals surface area contributed by atoms with Crippen molar-refractivity contribution in [2.45, 2.75) is 19.1 Å². The average Bonchev–Trinajstić information content (AvgIpc) is 3.37. The molecule has 3 N–H and O–H groups in total. The van der Waals surface area contributed by atoms with E-state index in [2.05, 4.69) is 25.9 Å². The standard InChI is InChI=1S/C25H24F3N5O2/c26-25(27,28)19-5-2-4-18(14-19)23(34)30-9-7-17-3-1-6-21(13-17)35-22-8-10-29-20(15-22)16-33-24-31-11-12-32-24/h1-6,8,10,13-15H,7,9,11-12,16H2,(H,30,34)(H2,31,32,33). The number of guanidine groups is 1. The van der Waals surface area contributed by atoms with Gasteiger partial charge in [0.2, 0.25) is 0 Å². The van der Waals surface area contributed by atoms with Crippen LogP contribution in [0.3, 0.4) is 0 Å². The van der Waals surface area contributed by atoms with Crippen molar-refractivity contribution in [3.05, 3.63) is 89.2 Å². The Morgan fingerprint density at radius 3 is 2.69 bits per heavy atom. The summed E-state index contributed by atoms with van der Waals surface area (Å²) < 4.78 is 44.6. The van der Waals surface area contributed by atoms with Gasteiger partial charge >= 0.3 is 6.18 Å². The van der Waals surface area contributed by atoms with E-state index in [4.69, 9.17) is 4.74 Å². The van der Waals surface area contributed by atoms with E-state index < -0.39 is 17.6 Å². The van der Waals surface area contributed by atoms with Crippen LogP contribution in [-0.4, -0.2) is 36.5 Å². The molecule has 1 amide bonds. The lowest BCUT2D eigenvalue weighted by molar-refractivity contribution is -0.137. The number of rotatable bonds is 8. The number of nitrogens with zero attached hydrogens (tertiary/aromatic N) is 2. The highest BCUT2D eigenvalue weighted by Crippen LogP contribution is 2.29. The Kier molecular flexibility index (Phi) is 7.49. The molecule has 2 aromatic carbocycles. The lowest BCUT2D eigenvalue weighted by Gasteiger charge is -2.11. The minimum Gasteiger partial charge on any atom is -0.457 e. The van der Waals surface area contributed by atoms with Crippen LogP contribution in [0.1, 0.15) is 27.2 Å². The van der Waals surface area contributed by atoms with Gasteiger partial charge in [-0.05, 0) is 48.4 Å². The number of hydrogen-bond donors (Lipinski definition) is 3. The summed E-state index contributed by atoms with van der Waals surface area (Å²) in [5.74, 6) is 1.46. The van der Waals surface area contributed by atoms with Crippen molar-refractivity contribution in [2.75, 3.05) is 19.6 Å². The van der Waals surface area contributed by atoms with E-state index in [0.29, 0.717) is 24.5 Å². The molecule has 2 heterocycles. The summed E-state index contributed by atoms with van der Waals surface area (Å²) in [4.78, 5) is 20.9. The third-order valence-corrected chi connectivity index (χ3v) is 5.18. The quantitative estimate of drug-likeness (QED) is 0.452. The van der Waals surface area contributed by atoms with Crippen molar-refractivity contribution < 1.29 is 22.7 Å². The maximum atomic E-state index is 12.9. The molecule has 0 fully saturated rings. The number of halogens is 3. The zero-order chi connectivity index (χ0) is 24.7. The molecule has 0 radical (unpaired) electrons. The Hall–Kier alpha value is -4.08. The van der Waals surface area contributed by atoms with Crippen molar-refractivity contribution in [2.24, 2.45) is 4.99 Å². The van der Waals surface area contributed by atoms with E-state index in [9.17, 15) is 18.0 Å². The van der Waals surface area contributed by atoms with Crippen LogP contribution < -0.4 is 20.7 Å². The van der Waals surface area contributed by atoms with Gasteiger partial charge in [-0.2, -0.15) is 13.2 Å². The Morgan fingerprint density at radius 2 is 1.89 bits per heavy atom. The van der Waals surface area contributed by atoms with Crippen LogP contribution in [0.4, 0.5) is 13.2 Å². The first kappa shape index (κ1) is 24.1. The number of carbonyl (C=O) groups excluding carboxylic acids is 1. The number of hydrogen-bond acceptors (Lipinski definition) is 6. The molecule has 0 aliphatic carbocycles. The van der Waals surface area contributed by atoms with Crippen LogP contribution in [0.5, 0.6) is 11.5 Å². The Morgan fingerprint density at radius 1 is 1.06 bits per heavy atom. The molecule has 1 aromatic heterocycles. The van der Waals surface area contributed by atoms with Crippen LogP contribution in [0.2, 0.25) is 0 Å². The van der Waals surface area contributed by atoms with Crippen molar-refractivity contribution in [1.29, 1.82) is 0 Å². The first-order chi connectivity index (χ1) is 16.9. The minimum absolute atomic E-state index is 0.0318. The van der Waals surface area contributed by atoms with Gasteiger partial charge < -0.3 is 20.7 Å². The van der Waals surface area contributed by atoms with Gasteiger partial charge in [-0.3, -0.25) is 14.8 Å². The molecular formula is C25H24F3N5O2. The predicted molar refractivity (Wildman–Crippen MR) is 125 cm³/mol. The fraction of sp³-hybridized carbons (Fsp3) is 0.240. The third kappa shape index (κ3) is 6.95. The van der Waals surface area contributed by atoms with Crippen molar-refractivity contribution in [1.82, 2.24) is 20.9 Å². The first-order valence-corrected chi connectivity index (χ1v) is 11.1. The number of carbonyl (C=O) groups is 1. The van der Waals surface area contributed by atoms with E-state index in [0.717, 1.165) is 42.4 Å². The number of aliphatic imine (C=N–C) groups is 1. The lowest BCUT2D eigenvalue weighted by Crippen LogP contribution is -2.33. The smallest absolute Gasteiger partial charge is 0.416 e. The summed E-state index contributed by atoms with van der Waals surface area (Å²) in [7, 11) is 0. The maximum Gasteiger partial charge on any atom is 0.416 e. The first-order valence-electron chi connectivity index (χ1n) is 11.1. The van der Waals surface area contributed by atoms with E-state index in [1.807, 2.05) is 30.3 Å². The highest BCUT2D eigenvalue weighted by molar-refractivity contribution is 5.94. The number of amides is 1. The second kappa shape index (κ2) is 10.9. The van der Waals surface area contributed by atoms with Gasteiger partial charge in [0, 0.05) is 30.9 Å². The second-order valence-electron chi connectivity index (χ2n) is 7.83. The monoisotopic (exact) mass is 483 g/mol. The van der Waals surface area contributed by atoms with Gasteiger partial charge in [-0.1, -0.05) is 18.2 Å². The van der Waals surface area contributed by atoms with Gasteiger partial charge in [0.15, 0.2) is 5.96 Å². The van der Waals surface area contributed by atoms with Crippen LogP contribution in [-0.2, 0) is 19.1 Å². The highest BCUT2D eigenvalue weighted by Gasteiger charge is 2.30. The van der Waals surface area contributed by atoms with E-state index in [1.165, 1.54) is 12.1 Å². The number of benzene rings is 2. The SMILES string of the molecule is O=C(NCCc1cccc(Oc2ccnc(CNC3=NCCN3)c2)c1)c1cccc(C(F)(F)F)c1. The molecular weight excluding hydrogens is 459 g/mol. The summed E-state index contributed by atoms with van der Waals surface area (Å²) in [6.45, 7) is 2.35. The zero-order valence-electron chi connectivity index (χ0n) is 18.7. The summed E-state index contributed by atoms with van der Waals surface area (Å²) in [5.41, 5.74) is 0.824. The van der Waals surface area contributed by atoms with Crippen LogP contribution in [0, 0.1) is 0 Å². The van der Waals surface area contributed by atoms with Crippen molar-refractivity contribution >= 4 is 11.9 Å². The summed E-state index contributed by atoms with van der Waals surface area (Å²) >= 11 is 0. The molecule has 182 valence electrons. The molecule has 0 saturated heterocycles. The van der Waals surface area contributed by atoms with Gasteiger partial charge in [-0.25, -0.2) is 0 Å². The fourth-order valence-corrected chi connectivity index (χ4v) is 3.47. The van der Waals surface area contributed by atoms with Gasteiger partial charge in [0.05, 0.1) is 24.3 Å². The van der Waals surface area contributed by atoms with Crippen molar-refractivity contribution in [3.63, 3.8) is 0 Å². The number of alkyl halides is 3. The Balaban J connectivity index is 1.30. The lowest BCUT2D eigenvalue weighted by atomic mass is 10.1. The molecule has 1 aliphatic heterocycles. The molecule has 10 heteroatoms. The molecule has 0 saturated carbocycles. The number of aromatic nitrogens is 1. The molecule has 35 heavy (non-hydrogen) atoms. The molecule has 3 aromatic rings. The van der Waals surface area contributed by atoms with Crippen LogP contribution >= 0.6 is 0 Å². The average molecular weight is 483 g/mol. The molecule has 7 nitrogen and oxygen atoms in total. The summed E-state index contributed by atoms with van der Waals surface area (Å²) in [6, 6.07) is 15.4. The van der Waals surface area contributed by atoms with E-state index >= 15 is 0 Å². The van der Waals surface area contributed by atoms with Gasteiger partial charge in [-0.15, -0.1) is 0 Å². The van der Waals surface area contributed by atoms with Gasteiger partial charge in [0.25, 0.3) is 5.91 Å². The van der Waals surface area contributed by atoms with Gasteiger partial charge in [0.1, 0.15) is 11.5 Å². The largest absolute Gasteiger partial charge is 0.457 e. The molecule has 0 bridgehead atoms. The highest BCUT2D eigenvalue weighted by atomic mass is 19.4. The number of pyridine rings is 1. The topological polar surface area (TPSA) is 87.6 Å². The van der Waals surface area contributed by atoms with Crippen molar-refractivity contribution in [3.8, 4) is 11.5 Å². The maximum absolute atomic E-state index is 12.9. The van der Waals surface area contributed by atoms with E-state index in [1.54, 1.807) is 12.3 Å². The molecule has 0 spiro atoms. The van der Waals surface area contributed by atoms with E-state index in [-0.39, 0.29) is 12.1 Å². The number of nitrogens with one attached hydrogen (secondary N) is 3. The summed E-state index contributed by atoms with van der Waals surface area (Å²) in [5, 5.41) is 8.98. The summed E-state index contributed by atoms with van der Waals surface area (Å²) in [6.07, 6.45) is -2.34. The molecule has 1 aliphatic rings. The molecule has 0 atom stereocenters. The minimum atomic E-state index is -4.50. The Labute approximate surface area is 200 Å². The molecule has 4 rings (SSSR count). The van der Waals surface area contributed by atoms with Crippen LogP contribution in [0.15, 0.2) is 71.9 Å². The fourth-order valence-electron chi connectivity index (χ4n) is 3.47. The van der Waals surface area contributed by atoms with Crippen LogP contribution in [0.25, 0.3) is 0 Å².